The van der Waals surface area contributed by atoms with E-state index in [4.69, 9.17) is 23.2 Å². The lowest BCUT2D eigenvalue weighted by atomic mass is 10.0. The van der Waals surface area contributed by atoms with Crippen LogP contribution in [-0.2, 0) is 12.8 Å². The van der Waals surface area contributed by atoms with Gasteiger partial charge in [-0.25, -0.2) is 0 Å². The van der Waals surface area contributed by atoms with Gasteiger partial charge in [0.2, 0.25) is 0 Å². The van der Waals surface area contributed by atoms with E-state index in [1.54, 1.807) is 18.2 Å². The van der Waals surface area contributed by atoms with E-state index in [1.807, 2.05) is 18.2 Å². The molecule has 0 atom stereocenters. The van der Waals surface area contributed by atoms with Crippen molar-refractivity contribution in [2.24, 2.45) is 0 Å². The van der Waals surface area contributed by atoms with Gasteiger partial charge in [-0.3, -0.25) is 4.79 Å². The first-order valence-corrected chi connectivity index (χ1v) is 7.23. The molecule has 1 aliphatic heterocycles. The Labute approximate surface area is 127 Å². The highest BCUT2D eigenvalue weighted by molar-refractivity contribution is 6.33. The Bertz CT molecular complexity index is 682. The third kappa shape index (κ3) is 2.67. The molecule has 0 unspecified atom stereocenters. The third-order valence-corrected chi connectivity index (χ3v) is 4.10. The Balaban J connectivity index is 1.84. The molecule has 0 fully saturated rings. The molecule has 0 bridgehead atoms. The number of ketones is 1. The van der Waals surface area contributed by atoms with Crippen molar-refractivity contribution in [1.29, 1.82) is 0 Å². The standard InChI is InChI=1S/C16H13Cl2NO/c17-13-3-4-14(18)12(7-13)9-16(20)11-2-1-10-5-6-19-15(10)8-11/h1-4,7-8,19H,5-6,9H2. The summed E-state index contributed by atoms with van der Waals surface area (Å²) in [4.78, 5) is 12.3. The number of rotatable bonds is 3. The number of carbonyl (C=O) groups excluding carboxylic acids is 1. The maximum absolute atomic E-state index is 12.3. The molecule has 1 heterocycles. The Morgan fingerprint density at radius 2 is 2.00 bits per heavy atom. The SMILES string of the molecule is O=C(Cc1cc(Cl)ccc1Cl)c1ccc2c(c1)NCC2. The average molecular weight is 306 g/mol. The van der Waals surface area contributed by atoms with E-state index < -0.39 is 0 Å². The minimum Gasteiger partial charge on any atom is -0.384 e. The van der Waals surface area contributed by atoms with E-state index in [9.17, 15) is 4.79 Å². The zero-order chi connectivity index (χ0) is 14.1. The smallest absolute Gasteiger partial charge is 0.167 e. The van der Waals surface area contributed by atoms with E-state index in [0.717, 1.165) is 24.2 Å². The Hall–Kier alpha value is -1.51. The van der Waals surface area contributed by atoms with Gasteiger partial charge in [-0.05, 0) is 41.8 Å². The third-order valence-electron chi connectivity index (χ3n) is 3.50. The van der Waals surface area contributed by atoms with E-state index in [1.165, 1.54) is 5.56 Å². The van der Waals surface area contributed by atoms with Gasteiger partial charge in [-0.1, -0.05) is 35.3 Å². The predicted molar refractivity (Wildman–Crippen MR) is 83.1 cm³/mol. The zero-order valence-corrected chi connectivity index (χ0v) is 12.3. The molecule has 4 heteroatoms. The molecule has 2 aromatic rings. The first-order valence-electron chi connectivity index (χ1n) is 6.47. The molecule has 0 amide bonds. The summed E-state index contributed by atoms with van der Waals surface area (Å²) >= 11 is 12.0. The summed E-state index contributed by atoms with van der Waals surface area (Å²) in [5.41, 5.74) is 3.79. The molecule has 1 N–H and O–H groups in total. The lowest BCUT2D eigenvalue weighted by Crippen LogP contribution is -2.04. The van der Waals surface area contributed by atoms with Gasteiger partial charge in [0.1, 0.15) is 0 Å². The fourth-order valence-electron chi connectivity index (χ4n) is 2.42. The van der Waals surface area contributed by atoms with Crippen LogP contribution in [0.25, 0.3) is 0 Å². The second-order valence-electron chi connectivity index (χ2n) is 4.88. The molecule has 102 valence electrons. The van der Waals surface area contributed by atoms with Gasteiger partial charge in [0.05, 0.1) is 0 Å². The summed E-state index contributed by atoms with van der Waals surface area (Å²) in [7, 11) is 0. The maximum Gasteiger partial charge on any atom is 0.167 e. The number of halogens is 2. The van der Waals surface area contributed by atoms with Crippen molar-refractivity contribution >= 4 is 34.7 Å². The van der Waals surface area contributed by atoms with E-state index in [-0.39, 0.29) is 12.2 Å². The highest BCUT2D eigenvalue weighted by Gasteiger charge is 2.15. The quantitative estimate of drug-likeness (QED) is 0.852. The largest absolute Gasteiger partial charge is 0.384 e. The summed E-state index contributed by atoms with van der Waals surface area (Å²) in [6.07, 6.45) is 1.28. The topological polar surface area (TPSA) is 29.1 Å². The lowest BCUT2D eigenvalue weighted by Gasteiger charge is -2.06. The molecule has 0 saturated heterocycles. The number of benzene rings is 2. The summed E-state index contributed by atoms with van der Waals surface area (Å²) in [5.74, 6) is 0.0469. The summed E-state index contributed by atoms with van der Waals surface area (Å²) in [6, 6.07) is 11.0. The average Bonchev–Trinajstić information content (AvgIpc) is 2.90. The van der Waals surface area contributed by atoms with Gasteiger partial charge < -0.3 is 5.32 Å². The first kappa shape index (κ1) is 13.5. The predicted octanol–water partition coefficient (Wildman–Crippen LogP) is 4.39. The van der Waals surface area contributed by atoms with Gasteiger partial charge in [-0.15, -0.1) is 0 Å². The number of Topliss-reactive ketones (excluding diaryl/α,β-unsaturated/α-hetero) is 1. The van der Waals surface area contributed by atoms with Gasteiger partial charge >= 0.3 is 0 Å². The molecule has 2 aromatic carbocycles. The lowest BCUT2D eigenvalue weighted by molar-refractivity contribution is 0.0993. The fraction of sp³-hybridized carbons (Fsp3) is 0.188. The summed E-state index contributed by atoms with van der Waals surface area (Å²) < 4.78 is 0. The van der Waals surface area contributed by atoms with Crippen LogP contribution in [-0.4, -0.2) is 12.3 Å². The van der Waals surface area contributed by atoms with E-state index >= 15 is 0 Å². The molecule has 0 saturated carbocycles. The maximum atomic E-state index is 12.3. The molecule has 20 heavy (non-hydrogen) atoms. The van der Waals surface area contributed by atoms with Crippen LogP contribution in [0.4, 0.5) is 5.69 Å². The molecular weight excluding hydrogens is 293 g/mol. The van der Waals surface area contributed by atoms with Crippen LogP contribution >= 0.6 is 23.2 Å². The zero-order valence-electron chi connectivity index (χ0n) is 10.7. The van der Waals surface area contributed by atoms with Crippen LogP contribution in [0.2, 0.25) is 10.0 Å². The van der Waals surface area contributed by atoms with Crippen LogP contribution in [0.1, 0.15) is 21.5 Å². The molecule has 0 aromatic heterocycles. The number of carbonyl (C=O) groups is 1. The number of anilines is 1. The van der Waals surface area contributed by atoms with E-state index in [2.05, 4.69) is 5.32 Å². The number of hydrogen-bond acceptors (Lipinski definition) is 2. The van der Waals surface area contributed by atoms with E-state index in [0.29, 0.717) is 15.6 Å². The molecule has 0 aliphatic carbocycles. The van der Waals surface area contributed by atoms with Crippen LogP contribution < -0.4 is 5.32 Å². The summed E-state index contributed by atoms with van der Waals surface area (Å²) in [6.45, 7) is 0.938. The van der Waals surface area contributed by atoms with Crippen molar-refractivity contribution in [3.63, 3.8) is 0 Å². The highest BCUT2D eigenvalue weighted by Crippen LogP contribution is 2.26. The first-order chi connectivity index (χ1) is 9.63. The van der Waals surface area contributed by atoms with Gasteiger partial charge in [0.15, 0.2) is 5.78 Å². The minimum atomic E-state index is 0.0469. The van der Waals surface area contributed by atoms with Crippen molar-refractivity contribution < 1.29 is 4.79 Å². The normalized spacial score (nSPS) is 12.9. The number of hydrogen-bond donors (Lipinski definition) is 1. The monoisotopic (exact) mass is 305 g/mol. The van der Waals surface area contributed by atoms with Gasteiger partial charge in [0.25, 0.3) is 0 Å². The number of fused-ring (bicyclic) bond motifs is 1. The van der Waals surface area contributed by atoms with Crippen LogP contribution in [0.3, 0.4) is 0 Å². The molecule has 3 rings (SSSR count). The van der Waals surface area contributed by atoms with Crippen molar-refractivity contribution in [3.8, 4) is 0 Å². The molecule has 2 nitrogen and oxygen atoms in total. The fourth-order valence-corrected chi connectivity index (χ4v) is 2.80. The van der Waals surface area contributed by atoms with Gasteiger partial charge in [-0.2, -0.15) is 0 Å². The van der Waals surface area contributed by atoms with Crippen LogP contribution in [0, 0.1) is 0 Å². The van der Waals surface area contributed by atoms with Crippen LogP contribution in [0.15, 0.2) is 36.4 Å². The Morgan fingerprint density at radius 1 is 1.15 bits per heavy atom. The molecule has 1 aliphatic rings. The Kier molecular flexibility index (Phi) is 3.68. The Morgan fingerprint density at radius 3 is 2.85 bits per heavy atom. The van der Waals surface area contributed by atoms with Crippen molar-refractivity contribution in [1.82, 2.24) is 0 Å². The van der Waals surface area contributed by atoms with Gasteiger partial charge in [0, 0.05) is 34.3 Å². The summed E-state index contributed by atoms with van der Waals surface area (Å²) in [5, 5.41) is 4.44. The molecule has 0 spiro atoms. The minimum absolute atomic E-state index is 0.0469. The van der Waals surface area contributed by atoms with Crippen molar-refractivity contribution in [3.05, 3.63) is 63.1 Å². The molecule has 0 radical (unpaired) electrons. The highest BCUT2D eigenvalue weighted by atomic mass is 35.5. The van der Waals surface area contributed by atoms with Crippen molar-refractivity contribution in [2.45, 2.75) is 12.8 Å². The number of nitrogens with one attached hydrogen (secondary N) is 1. The van der Waals surface area contributed by atoms with Crippen LogP contribution in [0.5, 0.6) is 0 Å². The second kappa shape index (κ2) is 5.47. The molecular formula is C16H13Cl2NO. The second-order valence-corrected chi connectivity index (χ2v) is 5.73. The van der Waals surface area contributed by atoms with Crippen molar-refractivity contribution in [2.75, 3.05) is 11.9 Å².